The summed E-state index contributed by atoms with van der Waals surface area (Å²) in [5.74, 6) is 0. The minimum absolute atomic E-state index is 0.674. The molecule has 1 N–H and O–H groups in total. The van der Waals surface area contributed by atoms with Crippen molar-refractivity contribution in [2.75, 3.05) is 0 Å². The van der Waals surface area contributed by atoms with Gasteiger partial charge < -0.3 is 0 Å². The first-order valence-corrected chi connectivity index (χ1v) is 5.14. The molecule has 0 radical (unpaired) electrons. The largest absolute Gasteiger partial charge is 0.270 e. The molecule has 2 aromatic rings. The lowest BCUT2D eigenvalue weighted by molar-refractivity contribution is 1.10. The SMILES string of the molecule is Clc1c(Br)ccc2n[nH]c(Br)c12. The summed E-state index contributed by atoms with van der Waals surface area (Å²) in [6.45, 7) is 0. The van der Waals surface area contributed by atoms with E-state index in [1.54, 1.807) is 0 Å². The van der Waals surface area contributed by atoms with Crippen molar-refractivity contribution in [3.05, 3.63) is 26.2 Å². The fraction of sp³-hybridized carbons (Fsp3) is 0. The van der Waals surface area contributed by atoms with Crippen LogP contribution >= 0.6 is 43.5 Å². The van der Waals surface area contributed by atoms with Gasteiger partial charge in [-0.05, 0) is 44.0 Å². The summed E-state index contributed by atoms with van der Waals surface area (Å²) < 4.78 is 1.68. The number of aromatic amines is 1. The minimum atomic E-state index is 0.674. The molecule has 0 aliphatic rings. The Morgan fingerprint density at radius 1 is 1.33 bits per heavy atom. The van der Waals surface area contributed by atoms with E-state index < -0.39 is 0 Å². The molecule has 0 spiro atoms. The number of hydrogen-bond acceptors (Lipinski definition) is 1. The topological polar surface area (TPSA) is 28.7 Å². The van der Waals surface area contributed by atoms with E-state index in [4.69, 9.17) is 11.6 Å². The van der Waals surface area contributed by atoms with Crippen molar-refractivity contribution in [3.63, 3.8) is 0 Å². The summed E-state index contributed by atoms with van der Waals surface area (Å²) in [6.07, 6.45) is 0. The molecule has 0 aliphatic carbocycles. The van der Waals surface area contributed by atoms with Gasteiger partial charge in [0.15, 0.2) is 0 Å². The zero-order valence-electron chi connectivity index (χ0n) is 5.74. The predicted octanol–water partition coefficient (Wildman–Crippen LogP) is 3.74. The van der Waals surface area contributed by atoms with Crippen molar-refractivity contribution in [1.82, 2.24) is 10.2 Å². The Kier molecular flexibility index (Phi) is 2.14. The van der Waals surface area contributed by atoms with Gasteiger partial charge in [0.25, 0.3) is 0 Å². The maximum absolute atomic E-state index is 6.04. The summed E-state index contributed by atoms with van der Waals surface area (Å²) in [5, 5.41) is 8.43. The number of halogens is 3. The highest BCUT2D eigenvalue weighted by Gasteiger charge is 2.08. The van der Waals surface area contributed by atoms with E-state index in [1.807, 2.05) is 12.1 Å². The van der Waals surface area contributed by atoms with Gasteiger partial charge in [-0.15, -0.1) is 0 Å². The predicted molar refractivity (Wildman–Crippen MR) is 56.5 cm³/mol. The summed E-state index contributed by atoms with van der Waals surface area (Å²) in [6, 6.07) is 3.77. The second-order valence-corrected chi connectivity index (χ2v) is 4.32. The fourth-order valence-corrected chi connectivity index (χ4v) is 2.20. The van der Waals surface area contributed by atoms with Crippen LogP contribution in [0.25, 0.3) is 10.9 Å². The van der Waals surface area contributed by atoms with Gasteiger partial charge in [0.1, 0.15) is 4.60 Å². The molecule has 1 aromatic heterocycles. The second-order valence-electron chi connectivity index (χ2n) is 2.29. The average Bonchev–Trinajstić information content (AvgIpc) is 2.41. The Labute approximate surface area is 90.5 Å². The maximum Gasteiger partial charge on any atom is 0.110 e. The van der Waals surface area contributed by atoms with Gasteiger partial charge in [0, 0.05) is 4.47 Å². The van der Waals surface area contributed by atoms with Crippen molar-refractivity contribution in [2.45, 2.75) is 0 Å². The zero-order valence-corrected chi connectivity index (χ0v) is 9.66. The molecule has 2 nitrogen and oxygen atoms in total. The molecular weight excluding hydrogens is 307 g/mol. The Morgan fingerprint density at radius 3 is 2.83 bits per heavy atom. The third-order valence-electron chi connectivity index (χ3n) is 1.57. The standard InChI is InChI=1S/C7H3Br2ClN2/c8-3-1-2-4-5(6(3)10)7(9)12-11-4/h1-2H,(H,11,12). The van der Waals surface area contributed by atoms with Crippen LogP contribution in [0.2, 0.25) is 5.02 Å². The lowest BCUT2D eigenvalue weighted by atomic mass is 10.3. The number of benzene rings is 1. The van der Waals surface area contributed by atoms with Crippen LogP contribution in [0.4, 0.5) is 0 Å². The van der Waals surface area contributed by atoms with Gasteiger partial charge in [-0.3, -0.25) is 5.10 Å². The lowest BCUT2D eigenvalue weighted by Crippen LogP contribution is -1.71. The number of aromatic nitrogens is 2. The molecule has 12 heavy (non-hydrogen) atoms. The van der Waals surface area contributed by atoms with Crippen molar-refractivity contribution in [2.24, 2.45) is 0 Å². The van der Waals surface area contributed by atoms with Gasteiger partial charge in [-0.25, -0.2) is 0 Å². The van der Waals surface area contributed by atoms with Gasteiger partial charge in [0.2, 0.25) is 0 Å². The van der Waals surface area contributed by atoms with Crippen LogP contribution in [-0.2, 0) is 0 Å². The minimum Gasteiger partial charge on any atom is -0.270 e. The first kappa shape index (κ1) is 8.53. The van der Waals surface area contributed by atoms with E-state index >= 15 is 0 Å². The van der Waals surface area contributed by atoms with Crippen LogP contribution in [0.3, 0.4) is 0 Å². The number of fused-ring (bicyclic) bond motifs is 1. The van der Waals surface area contributed by atoms with E-state index in [2.05, 4.69) is 42.1 Å². The van der Waals surface area contributed by atoms with Gasteiger partial charge >= 0.3 is 0 Å². The van der Waals surface area contributed by atoms with E-state index in [0.717, 1.165) is 20.0 Å². The van der Waals surface area contributed by atoms with Crippen LogP contribution in [0.15, 0.2) is 21.2 Å². The normalized spacial score (nSPS) is 10.9. The highest BCUT2D eigenvalue weighted by atomic mass is 79.9. The summed E-state index contributed by atoms with van der Waals surface area (Å²) in [7, 11) is 0. The molecule has 62 valence electrons. The summed E-state index contributed by atoms with van der Waals surface area (Å²) in [5.41, 5.74) is 0.857. The van der Waals surface area contributed by atoms with Gasteiger partial charge in [0.05, 0.1) is 15.9 Å². The van der Waals surface area contributed by atoms with Gasteiger partial charge in [-0.1, -0.05) is 11.6 Å². The average molecular weight is 310 g/mol. The molecule has 0 bridgehead atoms. The Morgan fingerprint density at radius 2 is 2.08 bits per heavy atom. The van der Waals surface area contributed by atoms with E-state index in [0.29, 0.717) is 5.02 Å². The molecule has 0 saturated heterocycles. The number of H-pyrrole nitrogens is 1. The van der Waals surface area contributed by atoms with Gasteiger partial charge in [-0.2, -0.15) is 5.10 Å². The zero-order chi connectivity index (χ0) is 8.72. The number of nitrogens with one attached hydrogen (secondary N) is 1. The van der Waals surface area contributed by atoms with Crippen molar-refractivity contribution >= 4 is 54.4 Å². The molecule has 1 heterocycles. The van der Waals surface area contributed by atoms with Crippen LogP contribution in [0.1, 0.15) is 0 Å². The second kappa shape index (κ2) is 3.01. The fourth-order valence-electron chi connectivity index (χ4n) is 1.01. The number of nitrogens with zero attached hydrogens (tertiary/aromatic N) is 1. The smallest absolute Gasteiger partial charge is 0.110 e. The monoisotopic (exact) mass is 308 g/mol. The van der Waals surface area contributed by atoms with E-state index in [1.165, 1.54) is 0 Å². The molecule has 5 heteroatoms. The molecule has 2 rings (SSSR count). The molecule has 0 atom stereocenters. The van der Waals surface area contributed by atoms with Crippen LogP contribution in [0.5, 0.6) is 0 Å². The first-order valence-electron chi connectivity index (χ1n) is 3.17. The summed E-state index contributed by atoms with van der Waals surface area (Å²) >= 11 is 12.7. The molecule has 1 aromatic carbocycles. The molecule has 0 aliphatic heterocycles. The number of rotatable bonds is 0. The lowest BCUT2D eigenvalue weighted by Gasteiger charge is -1.95. The van der Waals surface area contributed by atoms with Crippen LogP contribution in [0, 0.1) is 0 Å². The van der Waals surface area contributed by atoms with Crippen LogP contribution < -0.4 is 0 Å². The Hall–Kier alpha value is -0.0600. The first-order chi connectivity index (χ1) is 5.70. The molecule has 0 saturated carbocycles. The van der Waals surface area contributed by atoms with Crippen LogP contribution in [-0.4, -0.2) is 10.2 Å². The van der Waals surface area contributed by atoms with Crippen molar-refractivity contribution < 1.29 is 0 Å². The third-order valence-corrected chi connectivity index (χ3v) is 3.42. The van der Waals surface area contributed by atoms with E-state index in [9.17, 15) is 0 Å². The maximum atomic E-state index is 6.04. The molecule has 0 fully saturated rings. The molecular formula is C7H3Br2ClN2. The number of hydrogen-bond donors (Lipinski definition) is 1. The third kappa shape index (κ3) is 1.18. The highest BCUT2D eigenvalue weighted by Crippen LogP contribution is 2.33. The molecule has 0 unspecified atom stereocenters. The Bertz CT molecular complexity index is 438. The van der Waals surface area contributed by atoms with Crippen molar-refractivity contribution in [1.29, 1.82) is 0 Å². The van der Waals surface area contributed by atoms with Crippen molar-refractivity contribution in [3.8, 4) is 0 Å². The van der Waals surface area contributed by atoms with E-state index in [-0.39, 0.29) is 0 Å². The molecule has 0 amide bonds. The Balaban J connectivity index is 2.96. The highest BCUT2D eigenvalue weighted by molar-refractivity contribution is 9.11. The quantitative estimate of drug-likeness (QED) is 0.789. The summed E-state index contributed by atoms with van der Waals surface area (Å²) in [4.78, 5) is 0.